The lowest BCUT2D eigenvalue weighted by Crippen LogP contribution is -2.35. The SMILES string of the molecule is COc1ccc(CCN(C)C(=O)OC(C)(C)C)c([N+](=O)[O-])c1. The van der Waals surface area contributed by atoms with Crippen LogP contribution in [0.4, 0.5) is 10.5 Å². The molecule has 122 valence electrons. The number of hydrogen-bond donors (Lipinski definition) is 0. The van der Waals surface area contributed by atoms with Gasteiger partial charge in [0, 0.05) is 19.2 Å². The Kier molecular flexibility index (Phi) is 5.73. The van der Waals surface area contributed by atoms with E-state index >= 15 is 0 Å². The zero-order valence-electron chi connectivity index (χ0n) is 13.6. The van der Waals surface area contributed by atoms with Gasteiger partial charge in [-0.05, 0) is 39.3 Å². The van der Waals surface area contributed by atoms with Crippen LogP contribution in [0.5, 0.6) is 5.75 Å². The highest BCUT2D eigenvalue weighted by atomic mass is 16.6. The van der Waals surface area contributed by atoms with Gasteiger partial charge in [0.05, 0.1) is 18.1 Å². The van der Waals surface area contributed by atoms with Crippen molar-refractivity contribution in [1.82, 2.24) is 4.90 Å². The predicted octanol–water partition coefficient (Wildman–Crippen LogP) is 3.01. The van der Waals surface area contributed by atoms with Crippen LogP contribution in [0.1, 0.15) is 26.3 Å². The minimum atomic E-state index is -0.572. The van der Waals surface area contributed by atoms with Gasteiger partial charge in [-0.15, -0.1) is 0 Å². The summed E-state index contributed by atoms with van der Waals surface area (Å²) in [6.07, 6.45) is -0.0977. The number of amides is 1. The summed E-state index contributed by atoms with van der Waals surface area (Å²) in [5.41, 5.74) is -0.0459. The van der Waals surface area contributed by atoms with E-state index in [-0.39, 0.29) is 5.69 Å². The molecule has 1 amide bonds. The van der Waals surface area contributed by atoms with Crippen LogP contribution in [-0.4, -0.2) is 42.2 Å². The highest BCUT2D eigenvalue weighted by Crippen LogP contribution is 2.25. The van der Waals surface area contributed by atoms with Gasteiger partial charge in [-0.2, -0.15) is 0 Å². The molecule has 0 spiro atoms. The summed E-state index contributed by atoms with van der Waals surface area (Å²) < 4.78 is 10.2. The fourth-order valence-corrected chi connectivity index (χ4v) is 1.77. The van der Waals surface area contributed by atoms with Crippen molar-refractivity contribution in [3.63, 3.8) is 0 Å². The molecule has 7 heteroatoms. The van der Waals surface area contributed by atoms with Gasteiger partial charge in [0.1, 0.15) is 11.4 Å². The molecule has 0 heterocycles. The molecular weight excluding hydrogens is 288 g/mol. The second-order valence-corrected chi connectivity index (χ2v) is 5.90. The highest BCUT2D eigenvalue weighted by molar-refractivity contribution is 5.67. The fourth-order valence-electron chi connectivity index (χ4n) is 1.77. The number of carbonyl (C=O) groups excluding carboxylic acids is 1. The van der Waals surface area contributed by atoms with Gasteiger partial charge in [-0.3, -0.25) is 10.1 Å². The van der Waals surface area contributed by atoms with Crippen LogP contribution in [0.15, 0.2) is 18.2 Å². The summed E-state index contributed by atoms with van der Waals surface area (Å²) in [4.78, 5) is 23.9. The third-order valence-corrected chi connectivity index (χ3v) is 2.91. The lowest BCUT2D eigenvalue weighted by molar-refractivity contribution is -0.385. The number of nitro groups is 1. The normalized spacial score (nSPS) is 11.0. The van der Waals surface area contributed by atoms with Crippen LogP contribution in [-0.2, 0) is 11.2 Å². The average molecular weight is 310 g/mol. The lowest BCUT2D eigenvalue weighted by Gasteiger charge is -2.24. The topological polar surface area (TPSA) is 81.9 Å². The Bertz CT molecular complexity index is 551. The van der Waals surface area contributed by atoms with Gasteiger partial charge in [-0.25, -0.2) is 4.79 Å². The lowest BCUT2D eigenvalue weighted by atomic mass is 10.1. The van der Waals surface area contributed by atoms with Crippen molar-refractivity contribution in [3.05, 3.63) is 33.9 Å². The van der Waals surface area contributed by atoms with Crippen molar-refractivity contribution in [2.24, 2.45) is 0 Å². The van der Waals surface area contributed by atoms with E-state index in [1.54, 1.807) is 40.0 Å². The first kappa shape index (κ1) is 17.7. The van der Waals surface area contributed by atoms with Gasteiger partial charge in [-0.1, -0.05) is 0 Å². The Morgan fingerprint density at radius 1 is 1.36 bits per heavy atom. The third kappa shape index (κ3) is 5.23. The van der Waals surface area contributed by atoms with Crippen LogP contribution in [0.25, 0.3) is 0 Å². The number of nitrogens with zero attached hydrogens (tertiary/aromatic N) is 2. The van der Waals surface area contributed by atoms with E-state index in [9.17, 15) is 14.9 Å². The molecule has 0 bridgehead atoms. The maximum absolute atomic E-state index is 11.8. The Morgan fingerprint density at radius 3 is 2.50 bits per heavy atom. The van der Waals surface area contributed by atoms with Crippen molar-refractivity contribution in [2.75, 3.05) is 20.7 Å². The largest absolute Gasteiger partial charge is 0.497 e. The van der Waals surface area contributed by atoms with E-state index in [1.165, 1.54) is 18.1 Å². The number of hydrogen-bond acceptors (Lipinski definition) is 5. The van der Waals surface area contributed by atoms with E-state index < -0.39 is 16.6 Å². The van der Waals surface area contributed by atoms with Crippen molar-refractivity contribution < 1.29 is 19.2 Å². The first-order valence-corrected chi connectivity index (χ1v) is 6.89. The summed E-state index contributed by atoms with van der Waals surface area (Å²) in [5, 5.41) is 11.1. The molecule has 0 aliphatic heterocycles. The van der Waals surface area contributed by atoms with Crippen molar-refractivity contribution in [1.29, 1.82) is 0 Å². The smallest absolute Gasteiger partial charge is 0.410 e. The van der Waals surface area contributed by atoms with Gasteiger partial charge >= 0.3 is 6.09 Å². The number of carbonyl (C=O) groups is 1. The van der Waals surface area contributed by atoms with Gasteiger partial charge in [0.2, 0.25) is 0 Å². The van der Waals surface area contributed by atoms with Crippen LogP contribution >= 0.6 is 0 Å². The second-order valence-electron chi connectivity index (χ2n) is 5.90. The van der Waals surface area contributed by atoms with Gasteiger partial charge < -0.3 is 14.4 Å². The predicted molar refractivity (Wildman–Crippen MR) is 82.2 cm³/mol. The maximum atomic E-state index is 11.8. The molecule has 0 aliphatic rings. The van der Waals surface area contributed by atoms with Gasteiger partial charge in [0.15, 0.2) is 0 Å². The minimum absolute atomic E-state index is 0.0167. The van der Waals surface area contributed by atoms with Crippen LogP contribution in [0, 0.1) is 10.1 Å². The number of nitro benzene ring substituents is 1. The minimum Gasteiger partial charge on any atom is -0.497 e. The van der Waals surface area contributed by atoms with Crippen molar-refractivity contribution in [2.45, 2.75) is 32.8 Å². The molecule has 1 aromatic carbocycles. The molecule has 1 rings (SSSR count). The number of likely N-dealkylation sites (N-methyl/N-ethyl adjacent to an activating group) is 1. The quantitative estimate of drug-likeness (QED) is 0.616. The van der Waals surface area contributed by atoms with E-state index in [2.05, 4.69) is 0 Å². The Morgan fingerprint density at radius 2 is 2.00 bits per heavy atom. The molecule has 0 unspecified atom stereocenters. The van der Waals surface area contributed by atoms with E-state index in [4.69, 9.17) is 9.47 Å². The molecule has 0 aromatic heterocycles. The number of benzene rings is 1. The third-order valence-electron chi connectivity index (χ3n) is 2.91. The second kappa shape index (κ2) is 7.11. The molecule has 0 saturated carbocycles. The molecule has 0 atom stereocenters. The first-order valence-electron chi connectivity index (χ1n) is 6.89. The van der Waals surface area contributed by atoms with Crippen LogP contribution < -0.4 is 4.74 Å². The number of rotatable bonds is 5. The summed E-state index contributed by atoms with van der Waals surface area (Å²) >= 11 is 0. The van der Waals surface area contributed by atoms with Crippen LogP contribution in [0.2, 0.25) is 0 Å². The average Bonchev–Trinajstić information content (AvgIpc) is 2.42. The van der Waals surface area contributed by atoms with E-state index in [0.717, 1.165) is 0 Å². The monoisotopic (exact) mass is 310 g/mol. The summed E-state index contributed by atoms with van der Waals surface area (Å²) in [7, 11) is 3.05. The number of ether oxygens (including phenoxy) is 2. The molecule has 7 nitrogen and oxygen atoms in total. The Hall–Kier alpha value is -2.31. The molecule has 0 saturated heterocycles. The molecule has 0 fully saturated rings. The molecule has 0 radical (unpaired) electrons. The zero-order chi connectivity index (χ0) is 16.9. The standard InChI is InChI=1S/C15H22N2O5/c1-15(2,3)22-14(18)16(4)9-8-11-6-7-12(21-5)10-13(11)17(19)20/h6-7,10H,8-9H2,1-5H3. The Labute approximate surface area is 130 Å². The first-order chi connectivity index (χ1) is 10.1. The van der Waals surface area contributed by atoms with Crippen LogP contribution in [0.3, 0.4) is 0 Å². The van der Waals surface area contributed by atoms with E-state index in [0.29, 0.717) is 24.3 Å². The van der Waals surface area contributed by atoms with Gasteiger partial charge in [0.25, 0.3) is 5.69 Å². The fraction of sp³-hybridized carbons (Fsp3) is 0.533. The molecule has 1 aromatic rings. The molecule has 22 heavy (non-hydrogen) atoms. The highest BCUT2D eigenvalue weighted by Gasteiger charge is 2.21. The molecule has 0 N–H and O–H groups in total. The molecular formula is C15H22N2O5. The van der Waals surface area contributed by atoms with E-state index in [1.807, 2.05) is 0 Å². The summed E-state index contributed by atoms with van der Waals surface area (Å²) in [6.45, 7) is 5.68. The number of methoxy groups -OCH3 is 1. The summed E-state index contributed by atoms with van der Waals surface area (Å²) in [5.74, 6) is 0.427. The zero-order valence-corrected chi connectivity index (χ0v) is 13.6. The van der Waals surface area contributed by atoms with Crippen molar-refractivity contribution in [3.8, 4) is 5.75 Å². The van der Waals surface area contributed by atoms with Crippen molar-refractivity contribution >= 4 is 11.8 Å². The summed E-state index contributed by atoms with van der Waals surface area (Å²) in [6, 6.07) is 4.68. The Balaban J connectivity index is 2.75. The maximum Gasteiger partial charge on any atom is 0.410 e. The molecule has 0 aliphatic carbocycles.